The van der Waals surface area contributed by atoms with Crippen LogP contribution < -0.4 is 5.32 Å². The smallest absolute Gasteiger partial charge is 0.333 e. The summed E-state index contributed by atoms with van der Waals surface area (Å²) in [4.78, 5) is 9.09. The summed E-state index contributed by atoms with van der Waals surface area (Å²) in [7, 11) is -3.64. The standard InChI is InChI=1S/C25H48N3O4SSi2/c1-14(2)34(15(3)4)32-35(16(5)6,17(7)8)31-13-20-12-21(23(30)22(20)29)27-24-18(9)19(10)26-25(28-24)33-11/h14-17,20-23,29-30H,12-13H2,1-11H3,(H,26,27,28). The second kappa shape index (κ2) is 12.8. The Hall–Kier alpha value is -0.496. The molecular formula is C25H48N3O4SSi2. The van der Waals surface area contributed by atoms with Crippen molar-refractivity contribution in [1.29, 1.82) is 0 Å². The van der Waals surface area contributed by atoms with E-state index in [0.717, 1.165) is 17.1 Å². The molecule has 1 aromatic heterocycles. The van der Waals surface area contributed by atoms with Gasteiger partial charge >= 0.3 is 8.56 Å². The van der Waals surface area contributed by atoms with E-state index >= 15 is 0 Å². The third kappa shape index (κ3) is 7.09. The van der Waals surface area contributed by atoms with Gasteiger partial charge < -0.3 is 24.1 Å². The van der Waals surface area contributed by atoms with Crippen molar-refractivity contribution >= 4 is 35.2 Å². The van der Waals surface area contributed by atoms with Crippen LogP contribution in [0.1, 0.15) is 73.1 Å². The van der Waals surface area contributed by atoms with Crippen LogP contribution >= 0.6 is 11.8 Å². The largest absolute Gasteiger partial charge is 0.435 e. The van der Waals surface area contributed by atoms with Gasteiger partial charge in [0, 0.05) is 23.8 Å². The number of rotatable bonds is 12. The second-order valence-electron chi connectivity index (χ2n) is 11.2. The number of nitrogens with one attached hydrogen (secondary N) is 1. The summed E-state index contributed by atoms with van der Waals surface area (Å²) in [5.41, 5.74) is 3.43. The second-order valence-corrected chi connectivity index (χ2v) is 19.9. The van der Waals surface area contributed by atoms with E-state index in [1.54, 1.807) is 0 Å². The maximum absolute atomic E-state index is 10.9. The average molecular weight is 543 g/mol. The minimum absolute atomic E-state index is 0.174. The molecule has 10 heteroatoms. The number of nitrogens with zero attached hydrogens (tertiary/aromatic N) is 2. The van der Waals surface area contributed by atoms with Crippen molar-refractivity contribution in [2.24, 2.45) is 5.92 Å². The van der Waals surface area contributed by atoms with Crippen LogP contribution in [0.5, 0.6) is 0 Å². The van der Waals surface area contributed by atoms with Gasteiger partial charge in [0.15, 0.2) is 5.16 Å². The third-order valence-corrected chi connectivity index (χ3v) is 16.1. The van der Waals surface area contributed by atoms with E-state index in [9.17, 15) is 10.2 Å². The topological polar surface area (TPSA) is 96.7 Å². The van der Waals surface area contributed by atoms with Gasteiger partial charge in [-0.15, -0.1) is 0 Å². The Bertz CT molecular complexity index is 812. The maximum atomic E-state index is 10.9. The molecule has 0 amide bonds. The summed E-state index contributed by atoms with van der Waals surface area (Å²) >= 11 is 1.49. The summed E-state index contributed by atoms with van der Waals surface area (Å²) in [6, 6.07) is -0.303. The zero-order chi connectivity index (χ0) is 26.7. The number of aromatic nitrogens is 2. The van der Waals surface area contributed by atoms with E-state index in [0.29, 0.717) is 29.3 Å². The van der Waals surface area contributed by atoms with Crippen molar-refractivity contribution in [3.63, 3.8) is 0 Å². The van der Waals surface area contributed by atoms with E-state index in [2.05, 4.69) is 70.7 Å². The Balaban J connectivity index is 2.20. The molecule has 1 aromatic rings. The summed E-state index contributed by atoms with van der Waals surface area (Å²) in [6.07, 6.45) is 0.799. The Morgan fingerprint density at radius 2 is 1.57 bits per heavy atom. The van der Waals surface area contributed by atoms with E-state index in [1.807, 2.05) is 20.1 Å². The highest BCUT2D eigenvalue weighted by molar-refractivity contribution is 7.98. The normalized spacial score (nSPS) is 23.5. The van der Waals surface area contributed by atoms with Gasteiger partial charge in [0.1, 0.15) is 11.9 Å². The molecule has 0 spiro atoms. The predicted molar refractivity (Wildman–Crippen MR) is 150 cm³/mol. The number of anilines is 1. The molecule has 0 saturated heterocycles. The molecule has 1 aliphatic carbocycles. The summed E-state index contributed by atoms with van der Waals surface area (Å²) in [6.45, 7) is 22.2. The van der Waals surface area contributed by atoms with Crippen LogP contribution in [0.2, 0.25) is 22.2 Å². The molecule has 1 heterocycles. The zero-order valence-corrected chi connectivity index (χ0v) is 26.4. The number of aryl methyl sites for hydroxylation is 1. The van der Waals surface area contributed by atoms with Gasteiger partial charge in [0.05, 0.1) is 12.1 Å². The van der Waals surface area contributed by atoms with Crippen molar-refractivity contribution in [3.8, 4) is 0 Å². The van der Waals surface area contributed by atoms with Crippen LogP contribution in [0.25, 0.3) is 0 Å². The van der Waals surface area contributed by atoms with Gasteiger partial charge in [-0.3, -0.25) is 0 Å². The zero-order valence-electron chi connectivity index (χ0n) is 23.5. The van der Waals surface area contributed by atoms with E-state index in [1.165, 1.54) is 11.8 Å². The highest BCUT2D eigenvalue weighted by Crippen LogP contribution is 2.40. The first-order chi connectivity index (χ1) is 16.2. The Morgan fingerprint density at radius 1 is 1.00 bits per heavy atom. The SMILES string of the molecule is CSc1nc(C)c(C)c(NC2CC(CO[Si](O[Si](C(C)C)C(C)C)(C(C)C)C(C)C)C(O)C2O)n1. The Kier molecular flexibility index (Phi) is 11.3. The molecule has 1 saturated carbocycles. The van der Waals surface area contributed by atoms with Gasteiger partial charge in [-0.25, -0.2) is 9.97 Å². The molecule has 4 atom stereocenters. The predicted octanol–water partition coefficient (Wildman–Crippen LogP) is 5.44. The van der Waals surface area contributed by atoms with Crippen molar-refractivity contribution in [2.45, 2.75) is 121 Å². The van der Waals surface area contributed by atoms with Crippen LogP contribution in [0, 0.1) is 19.8 Å². The third-order valence-electron chi connectivity index (χ3n) is 7.22. The van der Waals surface area contributed by atoms with Crippen molar-refractivity contribution < 1.29 is 18.8 Å². The van der Waals surface area contributed by atoms with Crippen LogP contribution in [0.4, 0.5) is 5.82 Å². The average Bonchev–Trinajstić information content (AvgIpc) is 3.03. The lowest BCUT2D eigenvalue weighted by molar-refractivity contribution is 0.00342. The molecule has 0 aromatic carbocycles. The number of aliphatic hydroxyl groups excluding tert-OH is 2. The van der Waals surface area contributed by atoms with E-state index in [4.69, 9.17) is 8.54 Å². The Labute approximate surface area is 220 Å². The van der Waals surface area contributed by atoms with Crippen LogP contribution in [-0.2, 0) is 8.54 Å². The highest BCUT2D eigenvalue weighted by Gasteiger charge is 2.50. The lowest BCUT2D eigenvalue weighted by Gasteiger charge is -2.42. The lowest BCUT2D eigenvalue weighted by atomic mass is 10.1. The minimum atomic E-state index is -2.57. The van der Waals surface area contributed by atoms with E-state index < -0.39 is 29.8 Å². The number of hydrogen-bond acceptors (Lipinski definition) is 8. The van der Waals surface area contributed by atoms with Crippen LogP contribution in [-0.4, -0.2) is 68.9 Å². The molecule has 0 bridgehead atoms. The lowest BCUT2D eigenvalue weighted by Crippen LogP contribution is -2.54. The molecule has 3 N–H and O–H groups in total. The van der Waals surface area contributed by atoms with Crippen molar-refractivity contribution in [1.82, 2.24) is 9.97 Å². The maximum Gasteiger partial charge on any atom is 0.333 e. The first-order valence-corrected chi connectivity index (χ1v) is 17.7. The van der Waals surface area contributed by atoms with Gasteiger partial charge in [0.25, 0.3) is 0 Å². The fourth-order valence-corrected chi connectivity index (χ4v) is 14.7. The van der Waals surface area contributed by atoms with Crippen LogP contribution in [0.15, 0.2) is 5.16 Å². The molecule has 7 nitrogen and oxygen atoms in total. The molecule has 201 valence electrons. The molecular weight excluding hydrogens is 495 g/mol. The number of thioether (sulfide) groups is 1. The van der Waals surface area contributed by atoms with Gasteiger partial charge in [-0.2, -0.15) is 0 Å². The van der Waals surface area contributed by atoms with Gasteiger partial charge in [0.2, 0.25) is 9.04 Å². The Morgan fingerprint density at radius 3 is 2.06 bits per heavy atom. The summed E-state index contributed by atoms with van der Waals surface area (Å²) in [5.74, 6) is 0.546. The molecule has 1 radical (unpaired) electrons. The monoisotopic (exact) mass is 542 g/mol. The molecule has 4 unspecified atom stereocenters. The highest BCUT2D eigenvalue weighted by atomic mass is 32.2. The fraction of sp³-hybridized carbons (Fsp3) is 0.840. The molecule has 0 aliphatic heterocycles. The minimum Gasteiger partial charge on any atom is -0.435 e. The quantitative estimate of drug-likeness (QED) is 0.182. The number of hydrogen-bond donors (Lipinski definition) is 3. The van der Waals surface area contributed by atoms with E-state index in [-0.39, 0.29) is 23.0 Å². The fourth-order valence-electron chi connectivity index (χ4n) is 5.03. The molecule has 1 aliphatic rings. The molecule has 35 heavy (non-hydrogen) atoms. The number of aliphatic hydroxyl groups is 2. The van der Waals surface area contributed by atoms with Gasteiger partial charge in [-0.1, -0.05) is 67.2 Å². The van der Waals surface area contributed by atoms with Gasteiger partial charge in [-0.05, 0) is 48.7 Å². The van der Waals surface area contributed by atoms with Crippen LogP contribution in [0.3, 0.4) is 0 Å². The van der Waals surface area contributed by atoms with Crippen molar-refractivity contribution in [2.75, 3.05) is 18.2 Å². The molecule has 1 fully saturated rings. The summed E-state index contributed by atoms with van der Waals surface area (Å²) in [5, 5.41) is 25.9. The summed E-state index contributed by atoms with van der Waals surface area (Å²) < 4.78 is 13.8. The van der Waals surface area contributed by atoms with Crippen molar-refractivity contribution in [3.05, 3.63) is 11.3 Å². The first kappa shape index (κ1) is 30.7. The first-order valence-electron chi connectivity index (χ1n) is 13.0. The molecule has 2 rings (SSSR count).